The van der Waals surface area contributed by atoms with Gasteiger partial charge in [-0.15, -0.1) is 0 Å². The van der Waals surface area contributed by atoms with Gasteiger partial charge >= 0.3 is 5.69 Å². The molecule has 0 atom stereocenters. The molecule has 0 saturated heterocycles. The van der Waals surface area contributed by atoms with E-state index < -0.39 is 23.2 Å². The minimum atomic E-state index is -2.87. The molecule has 0 radical (unpaired) electrons. The predicted molar refractivity (Wildman–Crippen MR) is 32.6 cm³/mol. The zero-order chi connectivity index (χ0) is 8.43. The summed E-state index contributed by atoms with van der Waals surface area (Å²) in [5, 5.41) is 0. The van der Waals surface area contributed by atoms with Crippen molar-refractivity contribution in [2.75, 3.05) is 0 Å². The molecule has 0 fully saturated rings. The molecule has 0 aliphatic heterocycles. The van der Waals surface area contributed by atoms with Crippen LogP contribution in [0.2, 0.25) is 0 Å². The van der Waals surface area contributed by atoms with Gasteiger partial charge < -0.3 is 4.98 Å². The number of nitrogens with one attached hydrogen (secondary N) is 2. The van der Waals surface area contributed by atoms with E-state index in [9.17, 15) is 18.4 Å². The molecule has 1 rings (SSSR count). The number of halogens is 2. The fourth-order valence-corrected chi connectivity index (χ4v) is 0.582. The Morgan fingerprint density at radius 1 is 1.36 bits per heavy atom. The molecule has 11 heavy (non-hydrogen) atoms. The predicted octanol–water partition coefficient (Wildman–Crippen LogP) is 0.000800. The normalized spacial score (nSPS) is 10.5. The van der Waals surface area contributed by atoms with Gasteiger partial charge in [0.25, 0.3) is 12.0 Å². The molecule has 1 aromatic rings. The molecule has 2 N–H and O–H groups in total. The monoisotopic (exact) mass is 162 g/mol. The Morgan fingerprint density at radius 2 is 2.00 bits per heavy atom. The highest BCUT2D eigenvalue weighted by atomic mass is 19.3. The van der Waals surface area contributed by atoms with E-state index in [2.05, 4.69) is 0 Å². The van der Waals surface area contributed by atoms with Gasteiger partial charge in [-0.25, -0.2) is 13.6 Å². The second kappa shape index (κ2) is 2.65. The molecule has 0 unspecified atom stereocenters. The largest absolute Gasteiger partial charge is 0.325 e. The third kappa shape index (κ3) is 1.51. The smallest absolute Gasteiger partial charge is 0.314 e. The van der Waals surface area contributed by atoms with Crippen molar-refractivity contribution in [1.29, 1.82) is 0 Å². The lowest BCUT2D eigenvalue weighted by molar-refractivity contribution is 0.149. The molecule has 4 nitrogen and oxygen atoms in total. The van der Waals surface area contributed by atoms with E-state index in [1.54, 1.807) is 4.98 Å². The van der Waals surface area contributed by atoms with Gasteiger partial charge in [0.2, 0.25) is 0 Å². The maximum atomic E-state index is 11.8. The van der Waals surface area contributed by atoms with E-state index in [4.69, 9.17) is 0 Å². The van der Waals surface area contributed by atoms with Crippen LogP contribution < -0.4 is 11.2 Å². The van der Waals surface area contributed by atoms with Crippen molar-refractivity contribution in [2.24, 2.45) is 0 Å². The molecule has 0 aliphatic rings. The molecular formula is C5H4F2N2O2. The van der Waals surface area contributed by atoms with Gasteiger partial charge in [0.1, 0.15) is 0 Å². The number of alkyl halides is 2. The number of aromatic nitrogens is 2. The highest BCUT2D eigenvalue weighted by Gasteiger charge is 2.10. The van der Waals surface area contributed by atoms with Gasteiger partial charge in [-0.05, 0) is 0 Å². The Kier molecular flexibility index (Phi) is 1.84. The highest BCUT2D eigenvalue weighted by molar-refractivity contribution is 5.04. The van der Waals surface area contributed by atoms with E-state index >= 15 is 0 Å². The average molecular weight is 162 g/mol. The first-order chi connectivity index (χ1) is 5.11. The molecular weight excluding hydrogens is 158 g/mol. The van der Waals surface area contributed by atoms with Crippen LogP contribution in [0.5, 0.6) is 0 Å². The van der Waals surface area contributed by atoms with Crippen LogP contribution in [0.4, 0.5) is 8.78 Å². The highest BCUT2D eigenvalue weighted by Crippen LogP contribution is 2.11. The second-order valence-corrected chi connectivity index (χ2v) is 1.83. The molecule has 1 heterocycles. The summed E-state index contributed by atoms with van der Waals surface area (Å²) in [6, 6.07) is 0. The number of rotatable bonds is 1. The first-order valence-corrected chi connectivity index (χ1v) is 2.71. The van der Waals surface area contributed by atoms with Gasteiger partial charge in [0.05, 0.1) is 5.56 Å². The zero-order valence-corrected chi connectivity index (χ0v) is 5.23. The van der Waals surface area contributed by atoms with Crippen LogP contribution in [0, 0.1) is 0 Å². The maximum absolute atomic E-state index is 11.8. The number of hydrogen-bond donors (Lipinski definition) is 2. The molecule has 6 heteroatoms. The van der Waals surface area contributed by atoms with E-state index in [0.29, 0.717) is 6.20 Å². The first kappa shape index (κ1) is 7.64. The van der Waals surface area contributed by atoms with Crippen LogP contribution in [-0.4, -0.2) is 9.97 Å². The molecule has 0 amide bonds. The minimum absolute atomic E-state index is 0.700. The average Bonchev–Trinajstić information content (AvgIpc) is 1.85. The van der Waals surface area contributed by atoms with E-state index in [1.807, 2.05) is 4.98 Å². The van der Waals surface area contributed by atoms with Crippen molar-refractivity contribution >= 4 is 0 Å². The van der Waals surface area contributed by atoms with Gasteiger partial charge in [0, 0.05) is 6.20 Å². The van der Waals surface area contributed by atoms with Crippen LogP contribution >= 0.6 is 0 Å². The van der Waals surface area contributed by atoms with Gasteiger partial charge in [-0.3, -0.25) is 9.78 Å². The lowest BCUT2D eigenvalue weighted by Gasteiger charge is -1.93. The Labute approximate surface area is 58.9 Å². The van der Waals surface area contributed by atoms with Crippen molar-refractivity contribution in [2.45, 2.75) is 6.43 Å². The summed E-state index contributed by atoms with van der Waals surface area (Å²) < 4.78 is 23.6. The summed E-state index contributed by atoms with van der Waals surface area (Å²) in [4.78, 5) is 24.4. The first-order valence-electron chi connectivity index (χ1n) is 2.71. The number of aromatic amines is 2. The summed E-state index contributed by atoms with van der Waals surface area (Å²) in [5.74, 6) is 0. The quantitative estimate of drug-likeness (QED) is 0.610. The van der Waals surface area contributed by atoms with Crippen molar-refractivity contribution in [1.82, 2.24) is 9.97 Å². The fourth-order valence-electron chi connectivity index (χ4n) is 0.582. The summed E-state index contributed by atoms with van der Waals surface area (Å²) in [6.45, 7) is 0. The third-order valence-electron chi connectivity index (χ3n) is 1.08. The lowest BCUT2D eigenvalue weighted by Crippen LogP contribution is -2.24. The maximum Gasteiger partial charge on any atom is 0.325 e. The van der Waals surface area contributed by atoms with E-state index in [1.165, 1.54) is 0 Å². The number of H-pyrrole nitrogens is 2. The van der Waals surface area contributed by atoms with Crippen LogP contribution in [0.25, 0.3) is 0 Å². The molecule has 0 spiro atoms. The van der Waals surface area contributed by atoms with Crippen LogP contribution in [0.1, 0.15) is 12.0 Å². The van der Waals surface area contributed by atoms with Crippen LogP contribution in [-0.2, 0) is 0 Å². The summed E-state index contributed by atoms with van der Waals surface area (Å²) in [6.07, 6.45) is -2.16. The van der Waals surface area contributed by atoms with Gasteiger partial charge in [0.15, 0.2) is 0 Å². The molecule has 0 aromatic carbocycles. The molecule has 0 bridgehead atoms. The Hall–Kier alpha value is -1.46. The van der Waals surface area contributed by atoms with Crippen LogP contribution in [0.3, 0.4) is 0 Å². The molecule has 60 valence electrons. The zero-order valence-electron chi connectivity index (χ0n) is 5.23. The van der Waals surface area contributed by atoms with Crippen molar-refractivity contribution < 1.29 is 8.78 Å². The van der Waals surface area contributed by atoms with Gasteiger partial charge in [-0.2, -0.15) is 0 Å². The minimum Gasteiger partial charge on any atom is -0.314 e. The molecule has 0 saturated carbocycles. The Morgan fingerprint density at radius 3 is 2.45 bits per heavy atom. The second-order valence-electron chi connectivity index (χ2n) is 1.83. The summed E-state index contributed by atoms with van der Waals surface area (Å²) >= 11 is 0. The lowest BCUT2D eigenvalue weighted by atomic mass is 10.3. The SMILES string of the molecule is O=c1[nH]cc(C(F)F)c(=O)[nH]1. The summed E-state index contributed by atoms with van der Waals surface area (Å²) in [7, 11) is 0. The fraction of sp³-hybridized carbons (Fsp3) is 0.200. The third-order valence-corrected chi connectivity index (χ3v) is 1.08. The van der Waals surface area contributed by atoms with Gasteiger partial charge in [-0.1, -0.05) is 0 Å². The molecule has 1 aromatic heterocycles. The topological polar surface area (TPSA) is 65.7 Å². The standard InChI is InChI=1S/C5H4F2N2O2/c6-3(7)2-1-8-5(11)9-4(2)10/h1,3H,(H2,8,9,10,11). The van der Waals surface area contributed by atoms with E-state index in [0.717, 1.165) is 0 Å². The van der Waals surface area contributed by atoms with Crippen molar-refractivity contribution in [3.63, 3.8) is 0 Å². The van der Waals surface area contributed by atoms with Crippen molar-refractivity contribution in [3.05, 3.63) is 32.6 Å². The van der Waals surface area contributed by atoms with Crippen molar-refractivity contribution in [3.8, 4) is 0 Å². The molecule has 0 aliphatic carbocycles. The Balaban J connectivity index is 3.32. The number of hydrogen-bond acceptors (Lipinski definition) is 2. The van der Waals surface area contributed by atoms with Crippen LogP contribution in [0.15, 0.2) is 15.8 Å². The van der Waals surface area contributed by atoms with E-state index in [-0.39, 0.29) is 0 Å². The summed E-state index contributed by atoms with van der Waals surface area (Å²) in [5.41, 5.74) is -2.58. The Bertz CT molecular complexity index is 354.